The van der Waals surface area contributed by atoms with Crippen molar-refractivity contribution in [3.05, 3.63) is 23.1 Å². The number of likely N-dealkylation sites (tertiary alicyclic amines) is 2. The number of nitrogens with zero attached hydrogens (tertiary/aromatic N) is 4. The maximum Gasteiger partial charge on any atom is 0.259 e. The van der Waals surface area contributed by atoms with Crippen molar-refractivity contribution in [2.24, 2.45) is 21.6 Å². The predicted octanol–water partition coefficient (Wildman–Crippen LogP) is 4.06. The number of aromatic nitrogens is 1. The van der Waals surface area contributed by atoms with Gasteiger partial charge in [-0.3, -0.25) is 9.79 Å². The Morgan fingerprint density at radius 1 is 1.22 bits per heavy atom. The number of carbonyl (C=O) groups excluding carboxylic acids is 1. The van der Waals surface area contributed by atoms with E-state index in [0.29, 0.717) is 29.6 Å². The van der Waals surface area contributed by atoms with Gasteiger partial charge in [0, 0.05) is 25.7 Å². The number of amides is 1. The molecule has 2 aliphatic heterocycles. The van der Waals surface area contributed by atoms with E-state index < -0.39 is 0 Å². The summed E-state index contributed by atoms with van der Waals surface area (Å²) in [5.41, 5.74) is 8.65. The second kappa shape index (κ2) is 9.96. The molecule has 2 aliphatic rings. The Morgan fingerprint density at radius 2 is 1.81 bits per heavy atom. The van der Waals surface area contributed by atoms with Crippen molar-refractivity contribution in [1.29, 1.82) is 0 Å². The lowest BCUT2D eigenvalue weighted by Gasteiger charge is -2.47. The van der Waals surface area contributed by atoms with Gasteiger partial charge in [0.1, 0.15) is 22.7 Å². The maximum absolute atomic E-state index is 13.4. The van der Waals surface area contributed by atoms with Gasteiger partial charge in [-0.2, -0.15) is 0 Å². The zero-order valence-corrected chi connectivity index (χ0v) is 21.0. The number of hydrogen-bond acceptors (Lipinski definition) is 6. The molecular formula is C24H38ClN5O2. The highest BCUT2D eigenvalue weighted by Gasteiger charge is 2.39. The monoisotopic (exact) mass is 463 g/mol. The number of hydrogen-bond donors (Lipinski definition) is 1. The first kappa shape index (κ1) is 24.8. The molecule has 3 heterocycles. The smallest absolute Gasteiger partial charge is 0.259 e. The largest absolute Gasteiger partial charge is 0.396 e. The Balaban J connectivity index is 1.64. The molecule has 1 amide bonds. The highest BCUT2D eigenvalue weighted by Crippen LogP contribution is 2.42. The van der Waals surface area contributed by atoms with Crippen molar-refractivity contribution in [3.8, 4) is 0 Å². The van der Waals surface area contributed by atoms with E-state index in [1.165, 1.54) is 32.1 Å². The van der Waals surface area contributed by atoms with E-state index >= 15 is 0 Å². The van der Waals surface area contributed by atoms with E-state index in [1.807, 2.05) is 11.8 Å². The SMILES string of the molecule is CN=C(Cl)/C(C(=O)N1CCC2(CCN(CCC(C)(C)C)CC2)CC1)=C(\N)c1nocc1C. The van der Waals surface area contributed by atoms with Crippen LogP contribution in [0, 0.1) is 17.8 Å². The van der Waals surface area contributed by atoms with Crippen molar-refractivity contribution in [2.75, 3.05) is 39.8 Å². The Hall–Kier alpha value is -1.86. The molecule has 2 N–H and O–H groups in total. The van der Waals surface area contributed by atoms with Crippen LogP contribution in [-0.2, 0) is 4.79 Å². The zero-order chi connectivity index (χ0) is 23.5. The van der Waals surface area contributed by atoms with Crippen LogP contribution in [-0.4, -0.2) is 65.8 Å². The fourth-order valence-corrected chi connectivity index (χ4v) is 4.86. The van der Waals surface area contributed by atoms with Gasteiger partial charge in [0.15, 0.2) is 0 Å². The van der Waals surface area contributed by atoms with Gasteiger partial charge in [0.05, 0.1) is 5.70 Å². The van der Waals surface area contributed by atoms with E-state index in [2.05, 4.69) is 35.8 Å². The molecule has 1 aromatic heterocycles. The minimum atomic E-state index is -0.182. The first-order valence-corrected chi connectivity index (χ1v) is 12.0. The lowest BCUT2D eigenvalue weighted by molar-refractivity contribution is -0.129. The molecule has 8 heteroatoms. The normalized spacial score (nSPS) is 21.1. The molecule has 178 valence electrons. The average molecular weight is 464 g/mol. The second-order valence-electron chi connectivity index (χ2n) is 10.6. The van der Waals surface area contributed by atoms with Gasteiger partial charge in [-0.15, -0.1) is 0 Å². The van der Waals surface area contributed by atoms with E-state index in [4.69, 9.17) is 21.9 Å². The van der Waals surface area contributed by atoms with E-state index in [1.54, 1.807) is 7.05 Å². The molecule has 7 nitrogen and oxygen atoms in total. The van der Waals surface area contributed by atoms with Gasteiger partial charge >= 0.3 is 0 Å². The van der Waals surface area contributed by atoms with Gasteiger partial charge in [-0.05, 0) is 69.5 Å². The summed E-state index contributed by atoms with van der Waals surface area (Å²) in [4.78, 5) is 21.9. The fraction of sp³-hybridized carbons (Fsp3) is 0.708. The molecule has 2 fully saturated rings. The molecule has 0 aliphatic carbocycles. The Labute approximate surface area is 197 Å². The Bertz CT molecular complexity index is 865. The summed E-state index contributed by atoms with van der Waals surface area (Å²) in [5.74, 6) is -0.182. The number of halogens is 1. The van der Waals surface area contributed by atoms with E-state index in [-0.39, 0.29) is 22.3 Å². The molecule has 2 saturated heterocycles. The molecule has 1 aromatic rings. The summed E-state index contributed by atoms with van der Waals surface area (Å²) >= 11 is 6.33. The van der Waals surface area contributed by atoms with Crippen molar-refractivity contribution in [2.45, 2.75) is 59.8 Å². The quantitative estimate of drug-likeness (QED) is 0.525. The Kier molecular flexibility index (Phi) is 7.71. The number of carbonyl (C=O) groups is 1. The lowest BCUT2D eigenvalue weighted by atomic mass is 9.71. The third kappa shape index (κ3) is 5.73. The van der Waals surface area contributed by atoms with Crippen LogP contribution in [0.15, 0.2) is 21.4 Å². The lowest BCUT2D eigenvalue weighted by Crippen LogP contribution is -2.49. The molecule has 0 radical (unpaired) electrons. The minimum Gasteiger partial charge on any atom is -0.396 e. The molecule has 0 aromatic carbocycles. The van der Waals surface area contributed by atoms with Gasteiger partial charge in [0.25, 0.3) is 5.91 Å². The van der Waals surface area contributed by atoms with Gasteiger partial charge in [-0.25, -0.2) is 0 Å². The highest BCUT2D eigenvalue weighted by atomic mass is 35.5. The standard InChI is InChI=1S/C24H38ClN5O2/c1-17-16-32-28-20(17)19(26)18(21(25)27-5)22(31)30-14-9-24(10-15-30)7-12-29(13-8-24)11-6-23(2,3)4/h16H,6-15,26H2,1-5H3/b19-18+,27-21?. The zero-order valence-electron chi connectivity index (χ0n) is 20.2. The number of nitrogens with two attached hydrogens (primary N) is 1. The Morgan fingerprint density at radius 3 is 2.31 bits per heavy atom. The summed E-state index contributed by atoms with van der Waals surface area (Å²) in [5, 5.41) is 4.04. The topological polar surface area (TPSA) is 88.0 Å². The molecule has 1 spiro atoms. The van der Waals surface area contributed by atoms with Crippen LogP contribution in [0.25, 0.3) is 5.70 Å². The van der Waals surface area contributed by atoms with Crippen LogP contribution in [0.1, 0.15) is 64.1 Å². The molecule has 0 bridgehead atoms. The molecule has 0 unspecified atom stereocenters. The van der Waals surface area contributed by atoms with Crippen molar-refractivity contribution in [3.63, 3.8) is 0 Å². The average Bonchev–Trinajstić information content (AvgIpc) is 3.19. The second-order valence-corrected chi connectivity index (χ2v) is 11.0. The van der Waals surface area contributed by atoms with E-state index in [9.17, 15) is 4.79 Å². The first-order chi connectivity index (χ1) is 15.1. The van der Waals surface area contributed by atoms with Gasteiger partial charge in [0.2, 0.25) is 0 Å². The molecule has 32 heavy (non-hydrogen) atoms. The van der Waals surface area contributed by atoms with Crippen LogP contribution < -0.4 is 5.73 Å². The number of rotatable bonds is 5. The third-order valence-electron chi connectivity index (χ3n) is 7.09. The van der Waals surface area contributed by atoms with Crippen LogP contribution in [0.2, 0.25) is 0 Å². The first-order valence-electron chi connectivity index (χ1n) is 11.6. The molecule has 0 saturated carbocycles. The minimum absolute atomic E-state index is 0.0994. The summed E-state index contributed by atoms with van der Waals surface area (Å²) in [7, 11) is 1.55. The molecular weight excluding hydrogens is 426 g/mol. The maximum atomic E-state index is 13.4. The van der Waals surface area contributed by atoms with Crippen LogP contribution in [0.5, 0.6) is 0 Å². The van der Waals surface area contributed by atoms with Crippen molar-refractivity contribution in [1.82, 2.24) is 15.0 Å². The molecule has 3 rings (SSSR count). The predicted molar refractivity (Wildman–Crippen MR) is 130 cm³/mol. The number of piperidine rings is 2. The number of aryl methyl sites for hydroxylation is 1. The van der Waals surface area contributed by atoms with Gasteiger partial charge < -0.3 is 20.1 Å². The van der Waals surface area contributed by atoms with Crippen LogP contribution >= 0.6 is 11.6 Å². The van der Waals surface area contributed by atoms with Gasteiger partial charge in [-0.1, -0.05) is 37.5 Å². The van der Waals surface area contributed by atoms with Crippen LogP contribution in [0.3, 0.4) is 0 Å². The summed E-state index contributed by atoms with van der Waals surface area (Å²) < 4.78 is 5.00. The summed E-state index contributed by atoms with van der Waals surface area (Å²) in [6.45, 7) is 13.7. The van der Waals surface area contributed by atoms with Crippen molar-refractivity contribution < 1.29 is 9.32 Å². The number of aliphatic imine (C=N–C) groups is 1. The van der Waals surface area contributed by atoms with Crippen molar-refractivity contribution >= 4 is 28.4 Å². The van der Waals surface area contributed by atoms with Crippen LogP contribution in [0.4, 0.5) is 0 Å². The summed E-state index contributed by atoms with van der Waals surface area (Å²) in [6, 6.07) is 0. The third-order valence-corrected chi connectivity index (χ3v) is 7.45. The van der Waals surface area contributed by atoms with E-state index in [0.717, 1.165) is 31.5 Å². The highest BCUT2D eigenvalue weighted by molar-refractivity contribution is 6.73. The fourth-order valence-electron chi connectivity index (χ4n) is 4.68. The summed E-state index contributed by atoms with van der Waals surface area (Å²) in [6.07, 6.45) is 7.17. The molecule has 0 atom stereocenters.